The minimum atomic E-state index is -4.26. The molecule has 0 aromatic heterocycles. The number of alkyl halides is 3. The molecule has 1 N–H and O–H groups in total. The van der Waals surface area contributed by atoms with E-state index >= 15 is 0 Å². The molecule has 0 aliphatic rings. The van der Waals surface area contributed by atoms with Gasteiger partial charge in [-0.3, -0.25) is 0 Å². The van der Waals surface area contributed by atoms with Gasteiger partial charge in [0.2, 0.25) is 0 Å². The first-order chi connectivity index (χ1) is 8.54. The van der Waals surface area contributed by atoms with E-state index in [1.165, 1.54) is 12.1 Å². The lowest BCUT2D eigenvalue weighted by Crippen LogP contribution is -2.16. The molecule has 0 unspecified atom stereocenters. The van der Waals surface area contributed by atoms with E-state index in [0.717, 1.165) is 35.7 Å². The SMILES string of the molecule is C=CCSCCNCc1ccc(C(F)(F)F)cc1. The molecule has 0 atom stereocenters. The van der Waals surface area contributed by atoms with Gasteiger partial charge in [-0.2, -0.15) is 24.9 Å². The Kier molecular flexibility index (Phi) is 6.29. The van der Waals surface area contributed by atoms with Crippen molar-refractivity contribution >= 4 is 11.8 Å². The van der Waals surface area contributed by atoms with Crippen LogP contribution in [0, 0.1) is 0 Å². The van der Waals surface area contributed by atoms with E-state index in [9.17, 15) is 13.2 Å². The van der Waals surface area contributed by atoms with Crippen LogP contribution in [0.2, 0.25) is 0 Å². The summed E-state index contributed by atoms with van der Waals surface area (Å²) in [6, 6.07) is 5.24. The maximum Gasteiger partial charge on any atom is 0.416 e. The summed E-state index contributed by atoms with van der Waals surface area (Å²) in [6.07, 6.45) is -2.41. The van der Waals surface area contributed by atoms with Gasteiger partial charge in [-0.05, 0) is 17.7 Å². The highest BCUT2D eigenvalue weighted by atomic mass is 32.2. The second kappa shape index (κ2) is 7.48. The molecule has 1 rings (SSSR count). The third kappa shape index (κ3) is 5.60. The zero-order chi connectivity index (χ0) is 13.4. The lowest BCUT2D eigenvalue weighted by atomic mass is 10.1. The van der Waals surface area contributed by atoms with Gasteiger partial charge in [0.15, 0.2) is 0 Å². The highest BCUT2D eigenvalue weighted by molar-refractivity contribution is 7.99. The van der Waals surface area contributed by atoms with E-state index in [4.69, 9.17) is 0 Å². The smallest absolute Gasteiger partial charge is 0.312 e. The Morgan fingerprint density at radius 1 is 1.22 bits per heavy atom. The van der Waals surface area contributed by atoms with E-state index in [-0.39, 0.29) is 0 Å². The number of rotatable bonds is 7. The highest BCUT2D eigenvalue weighted by Gasteiger charge is 2.29. The van der Waals surface area contributed by atoms with Crippen molar-refractivity contribution in [1.82, 2.24) is 5.32 Å². The van der Waals surface area contributed by atoms with E-state index < -0.39 is 11.7 Å². The van der Waals surface area contributed by atoms with Crippen molar-refractivity contribution in [3.05, 3.63) is 48.0 Å². The van der Waals surface area contributed by atoms with E-state index in [1.807, 2.05) is 6.08 Å². The van der Waals surface area contributed by atoms with Gasteiger partial charge in [0.1, 0.15) is 0 Å². The van der Waals surface area contributed by atoms with Crippen LogP contribution in [0.3, 0.4) is 0 Å². The molecule has 0 aliphatic heterocycles. The van der Waals surface area contributed by atoms with Crippen LogP contribution in [0.25, 0.3) is 0 Å². The van der Waals surface area contributed by atoms with Crippen LogP contribution in [-0.2, 0) is 12.7 Å². The normalized spacial score (nSPS) is 11.5. The van der Waals surface area contributed by atoms with Gasteiger partial charge in [-0.1, -0.05) is 18.2 Å². The first kappa shape index (κ1) is 15.1. The van der Waals surface area contributed by atoms with Crippen LogP contribution >= 0.6 is 11.8 Å². The second-order valence-electron chi connectivity index (χ2n) is 3.74. The Balaban J connectivity index is 2.29. The summed E-state index contributed by atoms with van der Waals surface area (Å²) in [4.78, 5) is 0. The molecular formula is C13H16F3NS. The first-order valence-corrected chi connectivity index (χ1v) is 6.75. The molecule has 0 spiro atoms. The molecule has 0 fully saturated rings. The number of thioether (sulfide) groups is 1. The summed E-state index contributed by atoms with van der Waals surface area (Å²) < 4.78 is 37.0. The van der Waals surface area contributed by atoms with Crippen LogP contribution < -0.4 is 5.32 Å². The van der Waals surface area contributed by atoms with Crippen LogP contribution in [0.4, 0.5) is 13.2 Å². The molecule has 5 heteroatoms. The van der Waals surface area contributed by atoms with Crippen LogP contribution in [0.1, 0.15) is 11.1 Å². The maximum atomic E-state index is 12.3. The summed E-state index contributed by atoms with van der Waals surface area (Å²) in [5.41, 5.74) is 0.254. The largest absolute Gasteiger partial charge is 0.416 e. The van der Waals surface area contributed by atoms with Crippen molar-refractivity contribution in [1.29, 1.82) is 0 Å². The van der Waals surface area contributed by atoms with Crippen molar-refractivity contribution in [2.45, 2.75) is 12.7 Å². The number of halogens is 3. The minimum absolute atomic E-state index is 0.590. The van der Waals surface area contributed by atoms with Crippen molar-refractivity contribution in [3.63, 3.8) is 0 Å². The molecule has 18 heavy (non-hydrogen) atoms. The van der Waals surface area contributed by atoms with Crippen molar-refractivity contribution in [2.75, 3.05) is 18.1 Å². The quantitative estimate of drug-likeness (QED) is 0.601. The topological polar surface area (TPSA) is 12.0 Å². The molecule has 0 radical (unpaired) electrons. The Morgan fingerprint density at radius 2 is 1.89 bits per heavy atom. The molecule has 1 nitrogen and oxygen atoms in total. The Labute approximate surface area is 109 Å². The molecule has 0 saturated carbocycles. The van der Waals surface area contributed by atoms with Crippen molar-refractivity contribution < 1.29 is 13.2 Å². The molecule has 1 aromatic carbocycles. The fourth-order valence-electron chi connectivity index (χ4n) is 1.36. The monoisotopic (exact) mass is 275 g/mol. The van der Waals surface area contributed by atoms with Gasteiger partial charge in [0, 0.05) is 24.6 Å². The molecule has 0 aliphatic carbocycles. The summed E-state index contributed by atoms with van der Waals surface area (Å²) in [5, 5.41) is 3.18. The van der Waals surface area contributed by atoms with Crippen LogP contribution in [-0.4, -0.2) is 18.1 Å². The second-order valence-corrected chi connectivity index (χ2v) is 4.88. The lowest BCUT2D eigenvalue weighted by molar-refractivity contribution is -0.137. The average Bonchev–Trinajstić information content (AvgIpc) is 2.33. The lowest BCUT2D eigenvalue weighted by Gasteiger charge is -2.08. The van der Waals surface area contributed by atoms with Crippen molar-refractivity contribution in [3.8, 4) is 0 Å². The third-order valence-electron chi connectivity index (χ3n) is 2.27. The van der Waals surface area contributed by atoms with E-state index in [1.54, 1.807) is 11.8 Å². The Morgan fingerprint density at radius 3 is 2.44 bits per heavy atom. The standard InChI is InChI=1S/C13H16F3NS/c1-2-8-18-9-7-17-10-11-3-5-12(6-4-11)13(14,15)16/h2-6,17H,1,7-10H2. The number of nitrogens with one attached hydrogen (secondary N) is 1. The van der Waals surface area contributed by atoms with Crippen molar-refractivity contribution in [2.24, 2.45) is 0 Å². The maximum absolute atomic E-state index is 12.3. The van der Waals surface area contributed by atoms with E-state index in [0.29, 0.717) is 6.54 Å². The third-order valence-corrected chi connectivity index (χ3v) is 3.23. The molecule has 0 heterocycles. The van der Waals surface area contributed by atoms with Gasteiger partial charge in [0.05, 0.1) is 5.56 Å². The predicted octanol–water partition coefficient (Wildman–Crippen LogP) is 3.71. The number of benzene rings is 1. The molecule has 0 bridgehead atoms. The van der Waals surface area contributed by atoms with E-state index in [2.05, 4.69) is 11.9 Å². The molecule has 0 amide bonds. The predicted molar refractivity (Wildman–Crippen MR) is 70.7 cm³/mol. The van der Waals surface area contributed by atoms with Gasteiger partial charge in [-0.15, -0.1) is 6.58 Å². The molecule has 1 aromatic rings. The Hall–Kier alpha value is -0.940. The average molecular weight is 275 g/mol. The number of hydrogen-bond acceptors (Lipinski definition) is 2. The fourth-order valence-corrected chi connectivity index (χ4v) is 1.98. The fraction of sp³-hybridized carbons (Fsp3) is 0.385. The summed E-state index contributed by atoms with van der Waals surface area (Å²) in [7, 11) is 0. The Bertz CT molecular complexity index is 359. The molecule has 0 saturated heterocycles. The van der Waals surface area contributed by atoms with Gasteiger partial charge < -0.3 is 5.32 Å². The van der Waals surface area contributed by atoms with Crippen LogP contribution in [0.5, 0.6) is 0 Å². The first-order valence-electron chi connectivity index (χ1n) is 5.59. The van der Waals surface area contributed by atoms with Gasteiger partial charge in [-0.25, -0.2) is 0 Å². The van der Waals surface area contributed by atoms with Gasteiger partial charge >= 0.3 is 6.18 Å². The number of hydrogen-bond donors (Lipinski definition) is 1. The summed E-state index contributed by atoms with van der Waals surface area (Å²) >= 11 is 1.76. The van der Waals surface area contributed by atoms with Gasteiger partial charge in [0.25, 0.3) is 0 Å². The summed E-state index contributed by atoms with van der Waals surface area (Å²) in [6.45, 7) is 5.04. The molecular weight excluding hydrogens is 259 g/mol. The highest BCUT2D eigenvalue weighted by Crippen LogP contribution is 2.28. The zero-order valence-corrected chi connectivity index (χ0v) is 10.8. The minimum Gasteiger partial charge on any atom is -0.312 e. The summed E-state index contributed by atoms with van der Waals surface area (Å²) in [5.74, 6) is 1.88. The zero-order valence-electron chi connectivity index (χ0n) is 9.96. The van der Waals surface area contributed by atoms with Crippen LogP contribution in [0.15, 0.2) is 36.9 Å². The molecule has 100 valence electrons.